The van der Waals surface area contributed by atoms with E-state index < -0.39 is 5.97 Å². The zero-order valence-corrected chi connectivity index (χ0v) is 10.2. The van der Waals surface area contributed by atoms with Gasteiger partial charge in [-0.2, -0.15) is 0 Å². The van der Waals surface area contributed by atoms with Crippen LogP contribution in [0.1, 0.15) is 64.2 Å². The Balaban J connectivity index is 1.65. The minimum atomic E-state index is -0.569. The molecule has 2 aliphatic rings. The Kier molecular flexibility index (Phi) is 4.25. The molecular formula is C14H24O2. The highest BCUT2D eigenvalue weighted by molar-refractivity contribution is 5.70. The van der Waals surface area contributed by atoms with Gasteiger partial charge in [0.25, 0.3) is 0 Å². The molecule has 2 rings (SSSR count). The number of hydrogen-bond acceptors (Lipinski definition) is 1. The van der Waals surface area contributed by atoms with Crippen LogP contribution in [0.3, 0.4) is 0 Å². The Bertz CT molecular complexity index is 231. The Morgan fingerprint density at radius 2 is 1.62 bits per heavy atom. The van der Waals surface area contributed by atoms with Gasteiger partial charge in [0.05, 0.1) is 5.92 Å². The van der Waals surface area contributed by atoms with Crippen LogP contribution in [0.15, 0.2) is 0 Å². The fourth-order valence-corrected chi connectivity index (χ4v) is 3.51. The number of aliphatic carboxylic acids is 1. The van der Waals surface area contributed by atoms with Crippen molar-refractivity contribution in [2.45, 2.75) is 64.2 Å². The maximum Gasteiger partial charge on any atom is 0.306 e. The van der Waals surface area contributed by atoms with Crippen LogP contribution in [0.4, 0.5) is 0 Å². The molecule has 2 nitrogen and oxygen atoms in total. The van der Waals surface area contributed by atoms with Crippen molar-refractivity contribution in [3.8, 4) is 0 Å². The lowest BCUT2D eigenvalue weighted by molar-refractivity contribution is -0.141. The largest absolute Gasteiger partial charge is 0.481 e. The molecule has 0 heterocycles. The minimum Gasteiger partial charge on any atom is -0.481 e. The quantitative estimate of drug-likeness (QED) is 0.787. The monoisotopic (exact) mass is 224 g/mol. The number of carboxylic acid groups (broad SMARTS) is 1. The van der Waals surface area contributed by atoms with Crippen LogP contribution in [0, 0.1) is 17.8 Å². The molecule has 0 aromatic heterocycles. The average Bonchev–Trinajstić information content (AvgIpc) is 2.76. The normalized spacial score (nSPS) is 31.8. The van der Waals surface area contributed by atoms with Crippen molar-refractivity contribution in [1.29, 1.82) is 0 Å². The second-order valence-corrected chi connectivity index (χ2v) is 5.80. The summed E-state index contributed by atoms with van der Waals surface area (Å²) in [5, 5.41) is 8.95. The van der Waals surface area contributed by atoms with Gasteiger partial charge in [-0.05, 0) is 31.1 Å². The molecule has 0 radical (unpaired) electrons. The topological polar surface area (TPSA) is 37.3 Å². The van der Waals surface area contributed by atoms with Crippen molar-refractivity contribution in [3.05, 3.63) is 0 Å². The third-order valence-electron chi connectivity index (χ3n) is 4.60. The predicted molar refractivity (Wildman–Crippen MR) is 64.3 cm³/mol. The Morgan fingerprint density at radius 1 is 0.938 bits per heavy atom. The van der Waals surface area contributed by atoms with Gasteiger partial charge in [0.2, 0.25) is 0 Å². The summed E-state index contributed by atoms with van der Waals surface area (Å²) < 4.78 is 0. The van der Waals surface area contributed by atoms with Gasteiger partial charge >= 0.3 is 5.97 Å². The van der Waals surface area contributed by atoms with Crippen molar-refractivity contribution in [3.63, 3.8) is 0 Å². The van der Waals surface area contributed by atoms with Crippen molar-refractivity contribution in [2.75, 3.05) is 0 Å². The summed E-state index contributed by atoms with van der Waals surface area (Å²) in [6.45, 7) is 0. The summed E-state index contributed by atoms with van der Waals surface area (Å²) in [4.78, 5) is 10.9. The van der Waals surface area contributed by atoms with E-state index in [1.54, 1.807) is 0 Å². The summed E-state index contributed by atoms with van der Waals surface area (Å²) >= 11 is 0. The van der Waals surface area contributed by atoms with Crippen LogP contribution in [-0.2, 0) is 4.79 Å². The SMILES string of the molecule is O=C(O)[C@H]1CC[C@@H](CCC2CCCCC2)C1. The molecule has 0 spiro atoms. The van der Waals surface area contributed by atoms with Crippen LogP contribution < -0.4 is 0 Å². The first-order valence-corrected chi connectivity index (χ1v) is 6.98. The van der Waals surface area contributed by atoms with Gasteiger partial charge in [-0.15, -0.1) is 0 Å². The molecule has 0 aromatic carbocycles. The molecule has 92 valence electrons. The zero-order valence-electron chi connectivity index (χ0n) is 10.2. The third-order valence-corrected chi connectivity index (χ3v) is 4.60. The van der Waals surface area contributed by atoms with Crippen molar-refractivity contribution in [2.24, 2.45) is 17.8 Å². The molecule has 2 saturated carbocycles. The second kappa shape index (κ2) is 5.70. The minimum absolute atomic E-state index is 0.0312. The first-order valence-electron chi connectivity index (χ1n) is 6.98. The Hall–Kier alpha value is -0.530. The van der Waals surface area contributed by atoms with Crippen LogP contribution in [-0.4, -0.2) is 11.1 Å². The standard InChI is InChI=1S/C14H24O2/c15-14(16)13-9-8-12(10-13)7-6-11-4-2-1-3-5-11/h11-13H,1-10H2,(H,15,16)/t12-,13+/m1/s1. The molecule has 1 N–H and O–H groups in total. The van der Waals surface area contributed by atoms with Crippen molar-refractivity contribution in [1.82, 2.24) is 0 Å². The van der Waals surface area contributed by atoms with Crippen LogP contribution >= 0.6 is 0 Å². The van der Waals surface area contributed by atoms with E-state index >= 15 is 0 Å². The van der Waals surface area contributed by atoms with E-state index in [2.05, 4.69) is 0 Å². The number of carbonyl (C=O) groups is 1. The van der Waals surface area contributed by atoms with Gasteiger partial charge in [-0.3, -0.25) is 4.79 Å². The fraction of sp³-hybridized carbons (Fsp3) is 0.929. The van der Waals surface area contributed by atoms with E-state index in [1.165, 1.54) is 44.9 Å². The van der Waals surface area contributed by atoms with E-state index in [4.69, 9.17) is 5.11 Å². The lowest BCUT2D eigenvalue weighted by Gasteiger charge is -2.22. The van der Waals surface area contributed by atoms with Crippen molar-refractivity contribution >= 4 is 5.97 Å². The highest BCUT2D eigenvalue weighted by atomic mass is 16.4. The van der Waals surface area contributed by atoms with Crippen LogP contribution in [0.2, 0.25) is 0 Å². The smallest absolute Gasteiger partial charge is 0.306 e. The summed E-state index contributed by atoms with van der Waals surface area (Å²) in [5.74, 6) is 1.07. The van der Waals surface area contributed by atoms with E-state index in [0.717, 1.165) is 25.2 Å². The molecular weight excluding hydrogens is 200 g/mol. The zero-order chi connectivity index (χ0) is 11.4. The van der Waals surface area contributed by atoms with Crippen molar-refractivity contribution < 1.29 is 9.90 Å². The molecule has 0 unspecified atom stereocenters. The lowest BCUT2D eigenvalue weighted by atomic mass is 9.84. The average molecular weight is 224 g/mol. The number of carboxylic acids is 1. The summed E-state index contributed by atoms with van der Waals surface area (Å²) in [7, 11) is 0. The van der Waals surface area contributed by atoms with Crippen LogP contribution in [0.5, 0.6) is 0 Å². The van der Waals surface area contributed by atoms with Gasteiger partial charge < -0.3 is 5.11 Å². The van der Waals surface area contributed by atoms with Gasteiger partial charge in [-0.25, -0.2) is 0 Å². The third kappa shape index (κ3) is 3.23. The maximum atomic E-state index is 10.9. The molecule has 0 amide bonds. The number of hydrogen-bond donors (Lipinski definition) is 1. The van der Waals surface area contributed by atoms with E-state index in [-0.39, 0.29) is 5.92 Å². The fourth-order valence-electron chi connectivity index (χ4n) is 3.51. The maximum absolute atomic E-state index is 10.9. The number of rotatable bonds is 4. The molecule has 0 aromatic rings. The van der Waals surface area contributed by atoms with E-state index in [1.807, 2.05) is 0 Å². The highest BCUT2D eigenvalue weighted by Gasteiger charge is 2.29. The van der Waals surface area contributed by atoms with Gasteiger partial charge in [0.15, 0.2) is 0 Å². The van der Waals surface area contributed by atoms with Gasteiger partial charge in [0.1, 0.15) is 0 Å². The first-order chi connectivity index (χ1) is 7.75. The second-order valence-electron chi connectivity index (χ2n) is 5.80. The van der Waals surface area contributed by atoms with E-state index in [0.29, 0.717) is 5.92 Å². The van der Waals surface area contributed by atoms with E-state index in [9.17, 15) is 4.79 Å². The lowest BCUT2D eigenvalue weighted by Crippen LogP contribution is -2.11. The molecule has 2 aliphatic carbocycles. The first kappa shape index (κ1) is 11.9. The van der Waals surface area contributed by atoms with Crippen LogP contribution in [0.25, 0.3) is 0 Å². The molecule has 2 heteroatoms. The molecule has 2 atom stereocenters. The molecule has 2 fully saturated rings. The molecule has 0 bridgehead atoms. The Morgan fingerprint density at radius 3 is 2.25 bits per heavy atom. The highest BCUT2D eigenvalue weighted by Crippen LogP contribution is 2.36. The molecule has 0 saturated heterocycles. The summed E-state index contributed by atoms with van der Waals surface area (Å²) in [6, 6.07) is 0. The molecule has 16 heavy (non-hydrogen) atoms. The van der Waals surface area contributed by atoms with Gasteiger partial charge in [0, 0.05) is 0 Å². The Labute approximate surface area is 98.4 Å². The van der Waals surface area contributed by atoms with Gasteiger partial charge in [-0.1, -0.05) is 44.9 Å². The summed E-state index contributed by atoms with van der Waals surface area (Å²) in [5.41, 5.74) is 0. The predicted octanol–water partition coefficient (Wildman–Crippen LogP) is 3.85. The molecule has 0 aliphatic heterocycles. The summed E-state index contributed by atoms with van der Waals surface area (Å²) in [6.07, 6.45) is 12.8.